The number of benzene rings is 2. The summed E-state index contributed by atoms with van der Waals surface area (Å²) in [5, 5.41) is 0. The summed E-state index contributed by atoms with van der Waals surface area (Å²) in [6.07, 6.45) is 3.45. The van der Waals surface area contributed by atoms with E-state index in [-0.39, 0.29) is 11.6 Å². The van der Waals surface area contributed by atoms with Gasteiger partial charge in [-0.3, -0.25) is 4.57 Å². The van der Waals surface area contributed by atoms with Gasteiger partial charge in [-0.25, -0.2) is 9.37 Å². The van der Waals surface area contributed by atoms with Crippen molar-refractivity contribution < 1.29 is 9.13 Å². The molecule has 3 nitrogen and oxygen atoms in total. The van der Waals surface area contributed by atoms with Crippen LogP contribution in [-0.4, -0.2) is 16.7 Å². The standard InChI is InChI=1S/C17H15FN2O/c1-12-3-6-14(7-4-12)20-11-19-10-16(20)13-5-8-17(21-2)15(18)9-13/h3-11H,1-2H3. The van der Waals surface area contributed by atoms with Crippen LogP contribution >= 0.6 is 0 Å². The van der Waals surface area contributed by atoms with E-state index in [9.17, 15) is 4.39 Å². The van der Waals surface area contributed by atoms with Crippen LogP contribution in [0.25, 0.3) is 16.9 Å². The summed E-state index contributed by atoms with van der Waals surface area (Å²) in [4.78, 5) is 4.18. The second-order valence-electron chi connectivity index (χ2n) is 4.83. The predicted octanol–water partition coefficient (Wildman–Crippen LogP) is 4.00. The lowest BCUT2D eigenvalue weighted by Crippen LogP contribution is -1.96. The van der Waals surface area contributed by atoms with Gasteiger partial charge >= 0.3 is 0 Å². The molecule has 0 atom stereocenters. The first kappa shape index (κ1) is 13.4. The van der Waals surface area contributed by atoms with E-state index in [0.717, 1.165) is 16.9 Å². The van der Waals surface area contributed by atoms with Crippen LogP contribution in [0, 0.1) is 12.7 Å². The summed E-state index contributed by atoms with van der Waals surface area (Å²) >= 11 is 0. The molecule has 2 aromatic carbocycles. The van der Waals surface area contributed by atoms with E-state index in [1.165, 1.54) is 18.7 Å². The molecule has 0 fully saturated rings. The van der Waals surface area contributed by atoms with Crippen LogP contribution < -0.4 is 4.74 Å². The van der Waals surface area contributed by atoms with Crippen molar-refractivity contribution in [3.05, 3.63) is 66.4 Å². The molecule has 1 heterocycles. The fourth-order valence-electron chi connectivity index (χ4n) is 2.25. The van der Waals surface area contributed by atoms with E-state index in [1.54, 1.807) is 18.6 Å². The number of rotatable bonds is 3. The average Bonchev–Trinajstić information content (AvgIpc) is 2.97. The van der Waals surface area contributed by atoms with Crippen LogP contribution in [0.5, 0.6) is 5.75 Å². The molecular weight excluding hydrogens is 267 g/mol. The van der Waals surface area contributed by atoms with Crippen molar-refractivity contribution in [2.24, 2.45) is 0 Å². The second kappa shape index (κ2) is 5.40. The summed E-state index contributed by atoms with van der Waals surface area (Å²) in [7, 11) is 1.45. The largest absolute Gasteiger partial charge is 0.494 e. The summed E-state index contributed by atoms with van der Waals surface area (Å²) in [6, 6.07) is 13.0. The molecule has 3 aromatic rings. The maximum absolute atomic E-state index is 13.9. The molecule has 0 radical (unpaired) electrons. The molecular formula is C17H15FN2O. The lowest BCUT2D eigenvalue weighted by atomic mass is 10.1. The minimum absolute atomic E-state index is 0.236. The molecule has 106 valence electrons. The summed E-state index contributed by atoms with van der Waals surface area (Å²) in [5.74, 6) is -0.146. The molecule has 0 spiro atoms. The number of hydrogen-bond donors (Lipinski definition) is 0. The lowest BCUT2D eigenvalue weighted by Gasteiger charge is -2.10. The third kappa shape index (κ3) is 2.52. The predicted molar refractivity (Wildman–Crippen MR) is 80.2 cm³/mol. The van der Waals surface area contributed by atoms with Gasteiger partial charge in [-0.05, 0) is 37.3 Å². The normalized spacial score (nSPS) is 10.6. The number of hydrogen-bond acceptors (Lipinski definition) is 2. The zero-order valence-electron chi connectivity index (χ0n) is 11.9. The Morgan fingerprint density at radius 1 is 1.10 bits per heavy atom. The van der Waals surface area contributed by atoms with Gasteiger partial charge in [0.25, 0.3) is 0 Å². The first-order chi connectivity index (χ1) is 10.2. The maximum atomic E-state index is 13.9. The highest BCUT2D eigenvalue weighted by molar-refractivity contribution is 5.63. The molecule has 1 aromatic heterocycles. The molecule has 0 saturated heterocycles. The molecule has 0 unspecified atom stereocenters. The maximum Gasteiger partial charge on any atom is 0.165 e. The summed E-state index contributed by atoms with van der Waals surface area (Å²) in [6.45, 7) is 2.04. The fraction of sp³-hybridized carbons (Fsp3) is 0.118. The SMILES string of the molecule is COc1ccc(-c2cncn2-c2ccc(C)cc2)cc1F. The Morgan fingerprint density at radius 3 is 2.52 bits per heavy atom. The summed E-state index contributed by atoms with van der Waals surface area (Å²) < 4.78 is 20.8. The van der Waals surface area contributed by atoms with Gasteiger partial charge in [0.2, 0.25) is 0 Å². The molecule has 3 rings (SSSR count). The number of imidazole rings is 1. The third-order valence-electron chi connectivity index (χ3n) is 3.40. The van der Waals surface area contributed by atoms with Gasteiger partial charge < -0.3 is 4.74 Å². The summed E-state index contributed by atoms with van der Waals surface area (Å²) in [5.41, 5.74) is 3.77. The first-order valence-corrected chi connectivity index (χ1v) is 6.62. The fourth-order valence-corrected chi connectivity index (χ4v) is 2.25. The molecule has 0 aliphatic rings. The van der Waals surface area contributed by atoms with Crippen molar-refractivity contribution in [2.75, 3.05) is 7.11 Å². The van der Waals surface area contributed by atoms with E-state index in [4.69, 9.17) is 4.74 Å². The Morgan fingerprint density at radius 2 is 1.86 bits per heavy atom. The number of methoxy groups -OCH3 is 1. The highest BCUT2D eigenvalue weighted by Crippen LogP contribution is 2.27. The first-order valence-electron chi connectivity index (χ1n) is 6.62. The van der Waals surface area contributed by atoms with Crippen molar-refractivity contribution in [1.29, 1.82) is 0 Å². The minimum Gasteiger partial charge on any atom is -0.494 e. The van der Waals surface area contributed by atoms with E-state index < -0.39 is 0 Å². The third-order valence-corrected chi connectivity index (χ3v) is 3.40. The number of halogens is 1. The Bertz CT molecular complexity index is 763. The molecule has 0 amide bonds. The minimum atomic E-state index is -0.383. The molecule has 0 bridgehead atoms. The highest BCUT2D eigenvalue weighted by Gasteiger charge is 2.10. The molecule has 0 aliphatic carbocycles. The molecule has 21 heavy (non-hydrogen) atoms. The number of aryl methyl sites for hydroxylation is 1. The molecule has 0 N–H and O–H groups in total. The van der Waals surface area contributed by atoms with Crippen LogP contribution in [0.1, 0.15) is 5.56 Å². The van der Waals surface area contributed by atoms with Crippen LogP contribution in [0.4, 0.5) is 4.39 Å². The quantitative estimate of drug-likeness (QED) is 0.726. The Hall–Kier alpha value is -2.62. The van der Waals surface area contributed by atoms with Gasteiger partial charge in [0.15, 0.2) is 11.6 Å². The van der Waals surface area contributed by atoms with Crippen LogP contribution in [-0.2, 0) is 0 Å². The zero-order chi connectivity index (χ0) is 14.8. The van der Waals surface area contributed by atoms with Gasteiger partial charge in [-0.2, -0.15) is 0 Å². The molecule has 0 saturated carbocycles. The van der Waals surface area contributed by atoms with Crippen LogP contribution in [0.3, 0.4) is 0 Å². The number of aromatic nitrogens is 2. The molecule has 4 heteroatoms. The van der Waals surface area contributed by atoms with Gasteiger partial charge in [0, 0.05) is 11.3 Å². The Kier molecular flexibility index (Phi) is 3.44. The van der Waals surface area contributed by atoms with Crippen LogP contribution in [0.15, 0.2) is 55.0 Å². The van der Waals surface area contributed by atoms with Gasteiger partial charge in [0.1, 0.15) is 0 Å². The average molecular weight is 282 g/mol. The van der Waals surface area contributed by atoms with Crippen molar-refractivity contribution in [2.45, 2.75) is 6.92 Å². The van der Waals surface area contributed by atoms with Crippen molar-refractivity contribution >= 4 is 0 Å². The van der Waals surface area contributed by atoms with E-state index in [1.807, 2.05) is 41.8 Å². The monoisotopic (exact) mass is 282 g/mol. The van der Waals surface area contributed by atoms with Crippen molar-refractivity contribution in [1.82, 2.24) is 9.55 Å². The van der Waals surface area contributed by atoms with Crippen molar-refractivity contribution in [3.8, 4) is 22.7 Å². The number of nitrogens with zero attached hydrogens (tertiary/aromatic N) is 2. The smallest absolute Gasteiger partial charge is 0.165 e. The molecule has 0 aliphatic heterocycles. The topological polar surface area (TPSA) is 27.1 Å². The lowest BCUT2D eigenvalue weighted by molar-refractivity contribution is 0.386. The van der Waals surface area contributed by atoms with Crippen LogP contribution in [0.2, 0.25) is 0 Å². The highest BCUT2D eigenvalue weighted by atomic mass is 19.1. The van der Waals surface area contributed by atoms with Gasteiger partial charge in [0.05, 0.1) is 25.3 Å². The van der Waals surface area contributed by atoms with Gasteiger partial charge in [-0.1, -0.05) is 17.7 Å². The Balaban J connectivity index is 2.06. The number of ether oxygens (including phenoxy) is 1. The van der Waals surface area contributed by atoms with Gasteiger partial charge in [-0.15, -0.1) is 0 Å². The van der Waals surface area contributed by atoms with Crippen molar-refractivity contribution in [3.63, 3.8) is 0 Å². The van der Waals surface area contributed by atoms with E-state index >= 15 is 0 Å². The van der Waals surface area contributed by atoms with E-state index in [2.05, 4.69) is 4.98 Å². The zero-order valence-corrected chi connectivity index (χ0v) is 11.9. The second-order valence-corrected chi connectivity index (χ2v) is 4.83. The Labute approximate surface area is 122 Å². The van der Waals surface area contributed by atoms with E-state index in [0.29, 0.717) is 0 Å².